The van der Waals surface area contributed by atoms with Gasteiger partial charge in [-0.15, -0.1) is 0 Å². The summed E-state index contributed by atoms with van der Waals surface area (Å²) in [6, 6.07) is 0. The molecule has 128 valence electrons. The van der Waals surface area contributed by atoms with Gasteiger partial charge in [0, 0.05) is 19.1 Å². The third-order valence-electron chi connectivity index (χ3n) is 3.76. The van der Waals surface area contributed by atoms with Crippen LogP contribution >= 0.6 is 23.2 Å². The topological polar surface area (TPSA) is 12.5 Å². The zero-order valence-electron chi connectivity index (χ0n) is 12.7. The van der Waals surface area contributed by atoms with Crippen LogP contribution in [-0.2, 0) is 4.74 Å². The second kappa shape index (κ2) is 5.98. The van der Waals surface area contributed by atoms with Crippen molar-refractivity contribution in [2.45, 2.75) is 42.8 Å². The van der Waals surface area contributed by atoms with E-state index >= 15 is 0 Å². The highest BCUT2D eigenvalue weighted by Gasteiger charge is 2.78. The van der Waals surface area contributed by atoms with Crippen LogP contribution in [0.4, 0.5) is 22.0 Å². The number of ether oxygens (including phenoxy) is 1. The van der Waals surface area contributed by atoms with E-state index in [-0.39, 0.29) is 6.54 Å². The van der Waals surface area contributed by atoms with Gasteiger partial charge >= 0.3 is 16.4 Å². The van der Waals surface area contributed by atoms with Gasteiger partial charge in [-0.1, -0.05) is 25.4 Å². The van der Waals surface area contributed by atoms with Gasteiger partial charge in [-0.3, -0.25) is 0 Å². The third-order valence-corrected chi connectivity index (χ3v) is 4.59. The van der Waals surface area contributed by atoms with Crippen LogP contribution in [0.2, 0.25) is 0 Å². The first-order valence-electron chi connectivity index (χ1n) is 6.00. The molecule has 0 radical (unpaired) electrons. The molecule has 0 N–H and O–H groups in total. The molecule has 2 atom stereocenters. The number of hydrogen-bond acceptors (Lipinski definition) is 2. The Morgan fingerprint density at radius 2 is 1.33 bits per heavy atom. The van der Waals surface area contributed by atoms with Crippen molar-refractivity contribution in [3.8, 4) is 0 Å². The van der Waals surface area contributed by atoms with E-state index in [1.165, 1.54) is 13.8 Å². The van der Waals surface area contributed by atoms with Crippen LogP contribution in [0.15, 0.2) is 0 Å². The van der Waals surface area contributed by atoms with Crippen molar-refractivity contribution in [3.05, 3.63) is 0 Å². The molecule has 0 fully saturated rings. The van der Waals surface area contributed by atoms with Gasteiger partial charge in [0.25, 0.3) is 0 Å². The van der Waals surface area contributed by atoms with E-state index in [1.807, 2.05) is 0 Å². The Hall–Kier alpha value is 0.150. The zero-order chi connectivity index (χ0) is 17.5. The van der Waals surface area contributed by atoms with Gasteiger partial charge in [0.2, 0.25) is 0 Å². The standard InChI is InChI=1S/C12H20Cl2F5NO/c1-8(2,7-20(4)5)9(3,21-6)11(16,17)10(13,15)12(14,18)19/h7H2,1-6H3. The van der Waals surface area contributed by atoms with E-state index < -0.39 is 27.4 Å². The SMILES string of the molecule is COC(C)(C(C)(C)CN(C)C)C(F)(F)C(F)(Cl)C(F)(F)Cl. The van der Waals surface area contributed by atoms with E-state index in [0.29, 0.717) is 0 Å². The monoisotopic (exact) mass is 359 g/mol. The van der Waals surface area contributed by atoms with E-state index in [4.69, 9.17) is 16.3 Å². The molecule has 0 heterocycles. The summed E-state index contributed by atoms with van der Waals surface area (Å²) in [6.45, 7) is 3.51. The maximum atomic E-state index is 14.5. The molecule has 0 aliphatic heterocycles. The van der Waals surface area contributed by atoms with Crippen molar-refractivity contribution in [1.82, 2.24) is 4.90 Å². The van der Waals surface area contributed by atoms with Crippen molar-refractivity contribution in [2.75, 3.05) is 27.7 Å². The Labute approximate surface area is 131 Å². The smallest absolute Gasteiger partial charge is 0.371 e. The lowest BCUT2D eigenvalue weighted by Gasteiger charge is -2.51. The number of alkyl halides is 7. The summed E-state index contributed by atoms with van der Waals surface area (Å²) in [5, 5.41) is -9.79. The summed E-state index contributed by atoms with van der Waals surface area (Å²) in [5.74, 6) is -4.78. The fourth-order valence-corrected chi connectivity index (χ4v) is 2.55. The highest BCUT2D eigenvalue weighted by atomic mass is 35.5. The van der Waals surface area contributed by atoms with Crippen molar-refractivity contribution in [2.24, 2.45) is 5.41 Å². The van der Waals surface area contributed by atoms with Crippen LogP contribution in [0, 0.1) is 5.41 Å². The summed E-state index contributed by atoms with van der Waals surface area (Å²) in [6.07, 6.45) is 0. The van der Waals surface area contributed by atoms with Gasteiger partial charge in [-0.05, 0) is 32.6 Å². The molecule has 0 aliphatic rings. The Balaban J connectivity index is 6.03. The zero-order valence-corrected chi connectivity index (χ0v) is 14.2. The van der Waals surface area contributed by atoms with Gasteiger partial charge < -0.3 is 9.64 Å². The fourth-order valence-electron chi connectivity index (χ4n) is 2.25. The third kappa shape index (κ3) is 3.41. The summed E-state index contributed by atoms with van der Waals surface area (Å²) < 4.78 is 73.7. The molecule has 0 amide bonds. The molecule has 0 spiro atoms. The predicted octanol–water partition coefficient (Wildman–Crippen LogP) is 4.35. The van der Waals surface area contributed by atoms with E-state index in [9.17, 15) is 22.0 Å². The molecule has 0 aromatic heterocycles. The molecule has 0 aromatic carbocycles. The number of hydrogen-bond donors (Lipinski definition) is 0. The second-order valence-electron chi connectivity index (χ2n) is 6.01. The molecule has 21 heavy (non-hydrogen) atoms. The van der Waals surface area contributed by atoms with Crippen molar-refractivity contribution in [1.29, 1.82) is 0 Å². The summed E-state index contributed by atoms with van der Waals surface area (Å²) in [5.41, 5.74) is -4.07. The fraction of sp³-hybridized carbons (Fsp3) is 1.00. The minimum absolute atomic E-state index is 0.00769. The van der Waals surface area contributed by atoms with Crippen LogP contribution in [0.1, 0.15) is 20.8 Å². The Morgan fingerprint density at radius 3 is 1.57 bits per heavy atom. The van der Waals surface area contributed by atoms with Crippen molar-refractivity contribution >= 4 is 23.2 Å². The van der Waals surface area contributed by atoms with Crippen LogP contribution in [0.25, 0.3) is 0 Å². The molecule has 9 heteroatoms. The molecule has 0 saturated heterocycles. The van der Waals surface area contributed by atoms with Gasteiger partial charge in [0.05, 0.1) is 0 Å². The molecular weight excluding hydrogens is 340 g/mol. The Morgan fingerprint density at radius 1 is 0.952 bits per heavy atom. The first-order valence-corrected chi connectivity index (χ1v) is 6.76. The Bertz CT molecular complexity index is 371. The molecular formula is C12H20Cl2F5NO. The summed E-state index contributed by atoms with van der Waals surface area (Å²) in [4.78, 5) is 1.54. The molecule has 0 aromatic rings. The molecule has 0 aliphatic carbocycles. The molecule has 0 bridgehead atoms. The summed E-state index contributed by atoms with van der Waals surface area (Å²) >= 11 is 9.26. The maximum absolute atomic E-state index is 14.5. The van der Waals surface area contributed by atoms with E-state index in [2.05, 4.69) is 11.6 Å². The largest absolute Gasteiger partial charge is 0.375 e. The first kappa shape index (κ1) is 21.1. The average molecular weight is 360 g/mol. The lowest BCUT2D eigenvalue weighted by Crippen LogP contribution is -2.69. The number of methoxy groups -OCH3 is 1. The van der Waals surface area contributed by atoms with Gasteiger partial charge in [0.1, 0.15) is 5.60 Å². The summed E-state index contributed by atoms with van der Waals surface area (Å²) in [7, 11) is 4.07. The van der Waals surface area contributed by atoms with Gasteiger partial charge in [0.15, 0.2) is 0 Å². The number of halogens is 7. The van der Waals surface area contributed by atoms with Crippen LogP contribution in [0.3, 0.4) is 0 Å². The van der Waals surface area contributed by atoms with Crippen molar-refractivity contribution in [3.63, 3.8) is 0 Å². The Kier molecular flexibility index (Phi) is 6.02. The molecule has 2 unspecified atom stereocenters. The molecule has 0 saturated carbocycles. The number of nitrogens with zero attached hydrogens (tertiary/aromatic N) is 1. The van der Waals surface area contributed by atoms with E-state index in [1.54, 1.807) is 19.0 Å². The predicted molar refractivity (Wildman–Crippen MR) is 73.2 cm³/mol. The highest BCUT2D eigenvalue weighted by Crippen LogP contribution is 2.58. The average Bonchev–Trinajstić information content (AvgIpc) is 2.23. The lowest BCUT2D eigenvalue weighted by molar-refractivity contribution is -0.294. The second-order valence-corrected chi connectivity index (χ2v) is 7.00. The maximum Gasteiger partial charge on any atom is 0.375 e. The van der Waals surface area contributed by atoms with Crippen molar-refractivity contribution < 1.29 is 26.7 Å². The van der Waals surface area contributed by atoms with Gasteiger partial charge in [-0.25, -0.2) is 4.39 Å². The quantitative estimate of drug-likeness (QED) is 0.494. The normalized spacial score (nSPS) is 20.3. The minimum atomic E-state index is -4.98. The lowest BCUT2D eigenvalue weighted by atomic mass is 9.70. The first-order chi connectivity index (χ1) is 8.98. The van der Waals surface area contributed by atoms with Crippen LogP contribution in [-0.4, -0.2) is 54.7 Å². The number of rotatable bonds is 7. The minimum Gasteiger partial charge on any atom is -0.371 e. The van der Waals surface area contributed by atoms with Crippen LogP contribution in [0.5, 0.6) is 0 Å². The van der Waals surface area contributed by atoms with Crippen LogP contribution < -0.4 is 0 Å². The van der Waals surface area contributed by atoms with E-state index in [0.717, 1.165) is 14.0 Å². The molecule has 2 nitrogen and oxygen atoms in total. The highest BCUT2D eigenvalue weighted by molar-refractivity contribution is 6.33. The molecule has 0 rings (SSSR count). The van der Waals surface area contributed by atoms with Gasteiger partial charge in [-0.2, -0.15) is 17.6 Å².